The van der Waals surface area contributed by atoms with Crippen LogP contribution in [0.1, 0.15) is 57.4 Å². The van der Waals surface area contributed by atoms with E-state index >= 15 is 0 Å². The maximum absolute atomic E-state index is 12.0. The fourth-order valence-electron chi connectivity index (χ4n) is 3.33. The van der Waals surface area contributed by atoms with E-state index in [1.165, 1.54) is 30.2 Å². The average Bonchev–Trinajstić information content (AvgIpc) is 3.39. The number of unbranched alkanes of at least 4 members (excludes halogenated alkanes) is 1. The van der Waals surface area contributed by atoms with Gasteiger partial charge < -0.3 is 5.32 Å². The van der Waals surface area contributed by atoms with Crippen molar-refractivity contribution in [2.24, 2.45) is 0 Å². The van der Waals surface area contributed by atoms with Gasteiger partial charge in [0.25, 0.3) is 0 Å². The Labute approximate surface area is 175 Å². The second-order valence-corrected chi connectivity index (χ2v) is 8.31. The van der Waals surface area contributed by atoms with Gasteiger partial charge in [-0.2, -0.15) is 4.68 Å². The van der Waals surface area contributed by atoms with Crippen LogP contribution in [0.5, 0.6) is 0 Å². The largest absolute Gasteiger partial charge is 0.335 e. The third kappa shape index (κ3) is 6.56. The van der Waals surface area contributed by atoms with E-state index in [4.69, 9.17) is 0 Å². The second kappa shape index (κ2) is 10.9. The Morgan fingerprint density at radius 2 is 1.97 bits per heavy atom. The monoisotopic (exact) mass is 416 g/mol. The highest BCUT2D eigenvalue weighted by Gasteiger charge is 2.18. The van der Waals surface area contributed by atoms with Gasteiger partial charge in [0.2, 0.25) is 11.1 Å². The van der Waals surface area contributed by atoms with Crippen molar-refractivity contribution in [1.82, 2.24) is 30.8 Å². The number of carbonyl (C=O) groups is 2. The molecular weight excluding hydrogens is 388 g/mol. The number of nitrogens with one attached hydrogen (secondary N) is 2. The first-order valence-electron chi connectivity index (χ1n) is 10.3. The molecule has 2 aromatic rings. The van der Waals surface area contributed by atoms with Crippen LogP contribution in [0.3, 0.4) is 0 Å². The van der Waals surface area contributed by atoms with Crippen LogP contribution in [0.4, 0.5) is 4.79 Å². The Morgan fingerprint density at radius 1 is 1.21 bits per heavy atom. The smallest absolute Gasteiger partial charge is 0.321 e. The van der Waals surface area contributed by atoms with E-state index in [2.05, 4.69) is 45.2 Å². The molecule has 1 fully saturated rings. The van der Waals surface area contributed by atoms with Crippen LogP contribution in [0.2, 0.25) is 0 Å². The first kappa shape index (κ1) is 21.3. The minimum atomic E-state index is -0.403. The van der Waals surface area contributed by atoms with Gasteiger partial charge >= 0.3 is 6.03 Å². The van der Waals surface area contributed by atoms with Crippen LogP contribution < -0.4 is 10.6 Å². The predicted octanol–water partition coefficient (Wildman–Crippen LogP) is 3.26. The Balaban J connectivity index is 1.45. The summed E-state index contributed by atoms with van der Waals surface area (Å²) in [7, 11) is 0. The lowest BCUT2D eigenvalue weighted by Gasteiger charge is -2.12. The van der Waals surface area contributed by atoms with E-state index in [-0.39, 0.29) is 18.4 Å². The van der Waals surface area contributed by atoms with Crippen molar-refractivity contribution >= 4 is 23.7 Å². The first-order valence-corrected chi connectivity index (χ1v) is 11.2. The molecule has 0 bridgehead atoms. The van der Waals surface area contributed by atoms with Crippen molar-refractivity contribution in [3.8, 4) is 5.69 Å². The Bertz CT molecular complexity index is 802. The van der Waals surface area contributed by atoms with Crippen molar-refractivity contribution in [1.29, 1.82) is 0 Å². The predicted molar refractivity (Wildman–Crippen MR) is 112 cm³/mol. The third-order valence-corrected chi connectivity index (χ3v) is 5.87. The Hall–Kier alpha value is -2.42. The number of aryl methyl sites for hydroxylation is 1. The fourth-order valence-corrected chi connectivity index (χ4v) is 4.16. The number of amides is 3. The van der Waals surface area contributed by atoms with Crippen LogP contribution in [-0.2, 0) is 11.2 Å². The molecule has 1 aromatic heterocycles. The molecule has 2 N–H and O–H groups in total. The summed E-state index contributed by atoms with van der Waals surface area (Å²) in [5.41, 5.74) is 2.18. The third-order valence-electron chi connectivity index (χ3n) is 4.94. The Kier molecular flexibility index (Phi) is 8.03. The molecule has 1 aliphatic carbocycles. The molecule has 0 spiro atoms. The quantitative estimate of drug-likeness (QED) is 0.609. The summed E-state index contributed by atoms with van der Waals surface area (Å²) in [6, 6.07) is 7.99. The number of urea groups is 1. The number of carbonyl (C=O) groups excluding carboxylic acids is 2. The molecule has 0 radical (unpaired) electrons. The molecule has 1 aromatic carbocycles. The number of benzene rings is 1. The van der Waals surface area contributed by atoms with Crippen molar-refractivity contribution in [3.05, 3.63) is 29.8 Å². The summed E-state index contributed by atoms with van der Waals surface area (Å²) >= 11 is 1.39. The number of aromatic nitrogens is 4. The van der Waals surface area contributed by atoms with E-state index < -0.39 is 6.03 Å². The zero-order chi connectivity index (χ0) is 20.5. The number of imide groups is 1. The van der Waals surface area contributed by atoms with Gasteiger partial charge in [-0.1, -0.05) is 50.1 Å². The van der Waals surface area contributed by atoms with Gasteiger partial charge in [-0.15, -0.1) is 5.10 Å². The van der Waals surface area contributed by atoms with Gasteiger partial charge in [-0.05, 0) is 53.8 Å². The van der Waals surface area contributed by atoms with Gasteiger partial charge in [-0.25, -0.2) is 4.79 Å². The molecule has 1 saturated carbocycles. The number of nitrogens with zero attached hydrogens (tertiary/aromatic N) is 4. The van der Waals surface area contributed by atoms with Crippen molar-refractivity contribution in [2.75, 3.05) is 5.75 Å². The zero-order valence-corrected chi connectivity index (χ0v) is 17.6. The lowest BCUT2D eigenvalue weighted by molar-refractivity contribution is -0.119. The van der Waals surface area contributed by atoms with Crippen LogP contribution in [-0.4, -0.2) is 43.9 Å². The molecule has 0 unspecified atom stereocenters. The highest BCUT2D eigenvalue weighted by atomic mass is 32.2. The van der Waals surface area contributed by atoms with Gasteiger partial charge in [0.15, 0.2) is 0 Å². The standard InChI is InChI=1S/C20H28N6O2S/c1-2-3-6-15-9-11-17(12-10-15)26-20(23-24-25-26)29-14-13-18(27)22-19(28)21-16-7-4-5-8-16/h9-12,16H,2-8,13-14H2,1H3,(H2,21,22,27,28). The minimum absolute atomic E-state index is 0.190. The SMILES string of the molecule is CCCCc1ccc(-n2nnnc2SCCC(=O)NC(=O)NC2CCCC2)cc1. The number of thioether (sulfide) groups is 1. The Morgan fingerprint density at radius 3 is 2.69 bits per heavy atom. The molecule has 3 rings (SSSR count). The topological polar surface area (TPSA) is 102 Å². The number of tetrazole rings is 1. The van der Waals surface area contributed by atoms with Gasteiger partial charge in [0, 0.05) is 18.2 Å². The minimum Gasteiger partial charge on any atom is -0.335 e. The maximum Gasteiger partial charge on any atom is 0.321 e. The first-order chi connectivity index (χ1) is 14.2. The van der Waals surface area contributed by atoms with E-state index in [9.17, 15) is 9.59 Å². The highest BCUT2D eigenvalue weighted by molar-refractivity contribution is 7.99. The fraction of sp³-hybridized carbons (Fsp3) is 0.550. The number of rotatable bonds is 9. The summed E-state index contributed by atoms with van der Waals surface area (Å²) in [4.78, 5) is 23.8. The van der Waals surface area contributed by atoms with E-state index in [1.807, 2.05) is 12.1 Å². The highest BCUT2D eigenvalue weighted by Crippen LogP contribution is 2.20. The summed E-state index contributed by atoms with van der Waals surface area (Å²) in [6.45, 7) is 2.18. The zero-order valence-electron chi connectivity index (χ0n) is 16.8. The molecule has 1 aliphatic rings. The second-order valence-electron chi connectivity index (χ2n) is 7.24. The lowest BCUT2D eigenvalue weighted by Crippen LogP contribution is -2.43. The average molecular weight is 417 g/mol. The summed E-state index contributed by atoms with van der Waals surface area (Å²) < 4.78 is 1.67. The molecule has 0 atom stereocenters. The summed E-state index contributed by atoms with van der Waals surface area (Å²) in [6.07, 6.45) is 7.86. The molecular formula is C20H28N6O2S. The van der Waals surface area contributed by atoms with Gasteiger partial charge in [-0.3, -0.25) is 10.1 Å². The molecule has 0 saturated heterocycles. The van der Waals surface area contributed by atoms with Crippen molar-refractivity contribution in [3.63, 3.8) is 0 Å². The number of hydrogen-bond acceptors (Lipinski definition) is 6. The molecule has 29 heavy (non-hydrogen) atoms. The van der Waals surface area contributed by atoms with E-state index in [0.717, 1.165) is 37.8 Å². The molecule has 9 heteroatoms. The van der Waals surface area contributed by atoms with Gasteiger partial charge in [0.1, 0.15) is 0 Å². The normalized spacial score (nSPS) is 14.1. The molecule has 3 amide bonds. The summed E-state index contributed by atoms with van der Waals surface area (Å²) in [5, 5.41) is 17.7. The van der Waals surface area contributed by atoms with Crippen molar-refractivity contribution < 1.29 is 9.59 Å². The number of hydrogen-bond donors (Lipinski definition) is 2. The van der Waals surface area contributed by atoms with Gasteiger partial charge in [0.05, 0.1) is 5.69 Å². The molecule has 1 heterocycles. The van der Waals surface area contributed by atoms with E-state index in [1.54, 1.807) is 4.68 Å². The molecule has 156 valence electrons. The molecule has 0 aliphatic heterocycles. The van der Waals surface area contributed by atoms with Crippen LogP contribution in [0.15, 0.2) is 29.4 Å². The summed E-state index contributed by atoms with van der Waals surface area (Å²) in [5.74, 6) is 0.185. The van der Waals surface area contributed by atoms with Crippen LogP contribution >= 0.6 is 11.8 Å². The van der Waals surface area contributed by atoms with E-state index in [0.29, 0.717) is 10.9 Å². The van der Waals surface area contributed by atoms with Crippen LogP contribution in [0.25, 0.3) is 5.69 Å². The van der Waals surface area contributed by atoms with Crippen LogP contribution in [0, 0.1) is 0 Å². The maximum atomic E-state index is 12.0. The molecule has 8 nitrogen and oxygen atoms in total. The van der Waals surface area contributed by atoms with Crippen molar-refractivity contribution in [2.45, 2.75) is 69.5 Å². The lowest BCUT2D eigenvalue weighted by atomic mass is 10.1.